The van der Waals surface area contributed by atoms with Crippen molar-refractivity contribution >= 4 is 11.7 Å². The first-order valence-corrected chi connectivity index (χ1v) is 4.72. The zero-order chi connectivity index (χ0) is 10.6. The Morgan fingerprint density at radius 1 is 1.21 bits per heavy atom. The Kier molecular flexibility index (Phi) is 3.51. The molecule has 1 rings (SSSR count). The minimum atomic E-state index is -0.192. The number of benzene rings is 1. The van der Waals surface area contributed by atoms with Crippen molar-refractivity contribution in [1.82, 2.24) is 5.32 Å². The number of hydrogen-bond donors (Lipinski definition) is 2. The van der Waals surface area contributed by atoms with Crippen LogP contribution in [0.15, 0.2) is 24.3 Å². The van der Waals surface area contributed by atoms with Crippen LogP contribution in [0.3, 0.4) is 0 Å². The van der Waals surface area contributed by atoms with Gasteiger partial charge in [-0.15, -0.1) is 0 Å². The number of nitrogens with one attached hydrogen (secondary N) is 2. The molecule has 0 atom stereocenters. The molecule has 0 radical (unpaired) electrons. The highest BCUT2D eigenvalue weighted by atomic mass is 16.4. The fraction of sp³-hybridized carbons (Fsp3) is 0.364. The smallest absolute Gasteiger partial charge is 0.318 e. The van der Waals surface area contributed by atoms with Crippen LogP contribution in [0.25, 0.3) is 0 Å². The van der Waals surface area contributed by atoms with E-state index in [2.05, 4.69) is 24.5 Å². The predicted octanol–water partition coefficient (Wildman–Crippen LogP) is 2.56. The van der Waals surface area contributed by atoms with Crippen molar-refractivity contribution in [3.63, 3.8) is 0 Å². The number of hydrogen-bond acceptors (Lipinski definition) is 1. The number of amides is 2. The predicted molar refractivity (Wildman–Crippen MR) is 58.6 cm³/mol. The fourth-order valence-electron chi connectivity index (χ4n) is 1.14. The third-order valence-electron chi connectivity index (χ3n) is 2.06. The normalized spacial score (nSPS) is 10.0. The summed E-state index contributed by atoms with van der Waals surface area (Å²) in [5.74, 6) is 0.518. The molecule has 3 heteroatoms. The van der Waals surface area contributed by atoms with Gasteiger partial charge in [0.05, 0.1) is 0 Å². The lowest BCUT2D eigenvalue weighted by molar-refractivity contribution is 0.254. The SMILES string of the molecule is CN[14C](=O)Nc1ccc(C(C)C)cc1. The summed E-state index contributed by atoms with van der Waals surface area (Å²) < 4.78 is 0. The molecule has 0 aliphatic heterocycles. The van der Waals surface area contributed by atoms with E-state index >= 15 is 0 Å². The van der Waals surface area contributed by atoms with Crippen LogP contribution in [-0.2, 0) is 0 Å². The van der Waals surface area contributed by atoms with Gasteiger partial charge >= 0.3 is 6.03 Å². The zero-order valence-electron chi connectivity index (χ0n) is 8.79. The van der Waals surface area contributed by atoms with Crippen molar-refractivity contribution < 1.29 is 4.79 Å². The molecule has 0 heterocycles. The first kappa shape index (κ1) is 10.6. The lowest BCUT2D eigenvalue weighted by Gasteiger charge is -2.07. The van der Waals surface area contributed by atoms with Crippen molar-refractivity contribution in [2.75, 3.05) is 12.4 Å². The van der Waals surface area contributed by atoms with Crippen molar-refractivity contribution in [2.24, 2.45) is 0 Å². The van der Waals surface area contributed by atoms with Crippen LogP contribution in [0.4, 0.5) is 10.5 Å². The van der Waals surface area contributed by atoms with Gasteiger partial charge in [-0.3, -0.25) is 0 Å². The first-order valence-electron chi connectivity index (χ1n) is 4.72. The Hall–Kier alpha value is -1.51. The van der Waals surface area contributed by atoms with Gasteiger partial charge in [0, 0.05) is 12.7 Å². The van der Waals surface area contributed by atoms with E-state index in [4.69, 9.17) is 0 Å². The second kappa shape index (κ2) is 4.65. The molecule has 0 fully saturated rings. The van der Waals surface area contributed by atoms with Gasteiger partial charge in [-0.25, -0.2) is 4.79 Å². The summed E-state index contributed by atoms with van der Waals surface area (Å²) in [6, 6.07) is 7.67. The van der Waals surface area contributed by atoms with Gasteiger partial charge in [0.25, 0.3) is 0 Å². The molecule has 1 aromatic carbocycles. The molecule has 76 valence electrons. The maximum absolute atomic E-state index is 11.0. The van der Waals surface area contributed by atoms with E-state index in [-0.39, 0.29) is 6.03 Å². The third kappa shape index (κ3) is 2.76. The van der Waals surface area contributed by atoms with E-state index in [1.165, 1.54) is 5.56 Å². The van der Waals surface area contributed by atoms with Gasteiger partial charge in [0.1, 0.15) is 0 Å². The van der Waals surface area contributed by atoms with Crippen molar-refractivity contribution in [3.05, 3.63) is 29.8 Å². The summed E-state index contributed by atoms with van der Waals surface area (Å²) in [5.41, 5.74) is 2.08. The summed E-state index contributed by atoms with van der Waals surface area (Å²) in [4.78, 5) is 11.0. The van der Waals surface area contributed by atoms with Gasteiger partial charge in [0.2, 0.25) is 0 Å². The summed E-state index contributed by atoms with van der Waals surface area (Å²) in [6.45, 7) is 4.28. The Balaban J connectivity index is 2.69. The van der Waals surface area contributed by atoms with Crippen molar-refractivity contribution in [3.8, 4) is 0 Å². The lowest BCUT2D eigenvalue weighted by Crippen LogP contribution is -2.24. The molecule has 2 N–H and O–H groups in total. The fourth-order valence-corrected chi connectivity index (χ4v) is 1.14. The Bertz CT molecular complexity index is 304. The van der Waals surface area contributed by atoms with Crippen LogP contribution in [0.1, 0.15) is 25.3 Å². The van der Waals surface area contributed by atoms with Crippen LogP contribution in [0, 0.1) is 0 Å². The van der Waals surface area contributed by atoms with Gasteiger partial charge in [-0.1, -0.05) is 26.0 Å². The Labute approximate surface area is 84.5 Å². The highest BCUT2D eigenvalue weighted by Gasteiger charge is 2.00. The average Bonchev–Trinajstić information content (AvgIpc) is 2.18. The number of carbonyl (C=O) groups is 1. The van der Waals surface area contributed by atoms with Crippen LogP contribution in [-0.4, -0.2) is 13.1 Å². The van der Waals surface area contributed by atoms with Crippen LogP contribution < -0.4 is 10.6 Å². The second-order valence-corrected chi connectivity index (χ2v) is 3.48. The zero-order valence-corrected chi connectivity index (χ0v) is 8.79. The van der Waals surface area contributed by atoms with E-state index < -0.39 is 0 Å². The molecule has 1 aromatic rings. The van der Waals surface area contributed by atoms with Crippen LogP contribution in [0.2, 0.25) is 0 Å². The lowest BCUT2D eigenvalue weighted by atomic mass is 10.0. The van der Waals surface area contributed by atoms with Gasteiger partial charge < -0.3 is 10.6 Å². The maximum Gasteiger partial charge on any atom is 0.318 e. The van der Waals surface area contributed by atoms with Crippen LogP contribution >= 0.6 is 0 Å². The van der Waals surface area contributed by atoms with E-state index in [0.29, 0.717) is 5.92 Å². The van der Waals surface area contributed by atoms with Crippen molar-refractivity contribution in [1.29, 1.82) is 0 Å². The highest BCUT2D eigenvalue weighted by molar-refractivity contribution is 5.88. The molecule has 0 saturated carbocycles. The second-order valence-electron chi connectivity index (χ2n) is 3.48. The van der Waals surface area contributed by atoms with E-state index in [0.717, 1.165) is 5.69 Å². The molecule has 0 spiro atoms. The summed E-state index contributed by atoms with van der Waals surface area (Å²) >= 11 is 0. The maximum atomic E-state index is 11.0. The molecule has 2 amide bonds. The van der Waals surface area contributed by atoms with Gasteiger partial charge in [-0.2, -0.15) is 0 Å². The van der Waals surface area contributed by atoms with Gasteiger partial charge in [-0.05, 0) is 23.6 Å². The number of carbonyl (C=O) groups excluding carboxylic acids is 1. The number of rotatable bonds is 2. The molecule has 0 unspecified atom stereocenters. The van der Waals surface area contributed by atoms with Crippen LogP contribution in [0.5, 0.6) is 0 Å². The van der Waals surface area contributed by atoms with E-state index in [1.807, 2.05) is 24.3 Å². The van der Waals surface area contributed by atoms with E-state index in [9.17, 15) is 4.79 Å². The molecule has 0 aliphatic rings. The Morgan fingerprint density at radius 3 is 2.21 bits per heavy atom. The molecule has 14 heavy (non-hydrogen) atoms. The standard InChI is InChI=1S/C11H16N2O/c1-8(2)9-4-6-10(7-5-9)13-11(14)12-3/h4-8H,1-3H3,(H2,12,13,14)/i11+2. The largest absolute Gasteiger partial charge is 0.341 e. The minimum absolute atomic E-state index is 0.192. The number of anilines is 1. The molecule has 0 aromatic heterocycles. The quantitative estimate of drug-likeness (QED) is 0.746. The highest BCUT2D eigenvalue weighted by Crippen LogP contribution is 2.16. The van der Waals surface area contributed by atoms with E-state index in [1.54, 1.807) is 7.05 Å². The first-order chi connectivity index (χ1) is 6.63. The Morgan fingerprint density at radius 2 is 1.79 bits per heavy atom. The molecular weight excluding hydrogens is 178 g/mol. The summed E-state index contributed by atoms with van der Waals surface area (Å²) in [6.07, 6.45) is 0. The minimum Gasteiger partial charge on any atom is -0.341 e. The average molecular weight is 194 g/mol. The molecule has 0 bridgehead atoms. The topological polar surface area (TPSA) is 41.1 Å². The monoisotopic (exact) mass is 194 g/mol. The van der Waals surface area contributed by atoms with Gasteiger partial charge in [0.15, 0.2) is 0 Å². The molecular formula is C11H16N2O. The molecule has 3 nitrogen and oxygen atoms in total. The van der Waals surface area contributed by atoms with Crippen molar-refractivity contribution in [2.45, 2.75) is 19.8 Å². The summed E-state index contributed by atoms with van der Waals surface area (Å²) in [7, 11) is 1.60. The summed E-state index contributed by atoms with van der Waals surface area (Å²) in [5, 5.41) is 5.21. The number of urea groups is 1. The molecule has 0 aliphatic carbocycles. The molecule has 0 saturated heterocycles. The third-order valence-corrected chi connectivity index (χ3v) is 2.06.